The molecule has 0 saturated carbocycles. The van der Waals surface area contributed by atoms with E-state index in [4.69, 9.17) is 0 Å². The van der Waals surface area contributed by atoms with Gasteiger partial charge in [0.1, 0.15) is 0 Å². The van der Waals surface area contributed by atoms with Gasteiger partial charge in [-0.3, -0.25) is 4.79 Å². The third-order valence-electron chi connectivity index (χ3n) is 1.44. The molecular formula is C10H19NO. The lowest BCUT2D eigenvalue weighted by molar-refractivity contribution is -0.116. The van der Waals surface area contributed by atoms with Crippen molar-refractivity contribution in [3.05, 3.63) is 11.6 Å². The fourth-order valence-corrected chi connectivity index (χ4v) is 0.797. The number of allylic oxidation sites excluding steroid dienone is 1. The lowest BCUT2D eigenvalue weighted by Crippen LogP contribution is -2.23. The van der Waals surface area contributed by atoms with Crippen LogP contribution in [0.25, 0.3) is 0 Å². The molecule has 1 amide bonds. The molecule has 0 bridgehead atoms. The van der Waals surface area contributed by atoms with Gasteiger partial charge in [0.15, 0.2) is 0 Å². The van der Waals surface area contributed by atoms with Gasteiger partial charge in [-0.05, 0) is 26.2 Å². The van der Waals surface area contributed by atoms with E-state index < -0.39 is 0 Å². The quantitative estimate of drug-likeness (QED) is 0.642. The lowest BCUT2D eigenvalue weighted by atomic mass is 10.1. The zero-order valence-electron chi connectivity index (χ0n) is 8.48. The predicted octanol–water partition coefficient (Wildman–Crippen LogP) is 2.11. The highest BCUT2D eigenvalue weighted by atomic mass is 16.1. The first-order valence-corrected chi connectivity index (χ1v) is 4.45. The van der Waals surface area contributed by atoms with Crippen LogP contribution in [-0.2, 0) is 4.79 Å². The maximum absolute atomic E-state index is 11.0. The molecule has 0 aromatic heterocycles. The van der Waals surface area contributed by atoms with Crippen LogP contribution in [0.3, 0.4) is 0 Å². The second-order valence-corrected chi connectivity index (χ2v) is 3.70. The van der Waals surface area contributed by atoms with Gasteiger partial charge in [-0.2, -0.15) is 0 Å². The van der Waals surface area contributed by atoms with Gasteiger partial charge < -0.3 is 5.32 Å². The monoisotopic (exact) mass is 169 g/mol. The first-order chi connectivity index (χ1) is 5.52. The van der Waals surface area contributed by atoms with E-state index in [9.17, 15) is 4.79 Å². The number of nitrogens with one attached hydrogen (secondary N) is 1. The number of carbonyl (C=O) groups excluding carboxylic acids is 1. The van der Waals surface area contributed by atoms with E-state index in [0.29, 0.717) is 5.92 Å². The second-order valence-electron chi connectivity index (χ2n) is 3.70. The lowest BCUT2D eigenvalue weighted by Gasteiger charge is -2.04. The molecule has 0 fully saturated rings. The molecule has 0 aliphatic carbocycles. The SMILES string of the molecule is CC(C)=CC(=O)NCCC(C)C. The highest BCUT2D eigenvalue weighted by Crippen LogP contribution is 1.96. The van der Waals surface area contributed by atoms with E-state index >= 15 is 0 Å². The van der Waals surface area contributed by atoms with Crippen LogP contribution >= 0.6 is 0 Å². The molecule has 0 aromatic rings. The Labute approximate surface area is 75.0 Å². The molecule has 0 aliphatic heterocycles. The Kier molecular flexibility index (Phi) is 5.43. The first-order valence-electron chi connectivity index (χ1n) is 4.45. The molecule has 2 nitrogen and oxygen atoms in total. The van der Waals surface area contributed by atoms with Crippen molar-refractivity contribution in [2.24, 2.45) is 5.92 Å². The van der Waals surface area contributed by atoms with Gasteiger partial charge in [-0.15, -0.1) is 0 Å². The van der Waals surface area contributed by atoms with E-state index in [0.717, 1.165) is 18.5 Å². The van der Waals surface area contributed by atoms with Crippen LogP contribution < -0.4 is 5.32 Å². The third kappa shape index (κ3) is 7.32. The highest BCUT2D eigenvalue weighted by molar-refractivity contribution is 5.87. The van der Waals surface area contributed by atoms with Crippen molar-refractivity contribution in [2.75, 3.05) is 6.54 Å². The minimum atomic E-state index is 0.0238. The van der Waals surface area contributed by atoms with E-state index in [2.05, 4.69) is 19.2 Å². The van der Waals surface area contributed by atoms with Crippen molar-refractivity contribution >= 4 is 5.91 Å². The van der Waals surface area contributed by atoms with Crippen LogP contribution in [0.2, 0.25) is 0 Å². The van der Waals surface area contributed by atoms with E-state index in [1.807, 2.05) is 13.8 Å². The minimum absolute atomic E-state index is 0.0238. The number of rotatable bonds is 4. The van der Waals surface area contributed by atoms with E-state index in [1.54, 1.807) is 6.08 Å². The molecule has 0 heterocycles. The summed E-state index contributed by atoms with van der Waals surface area (Å²) in [6, 6.07) is 0. The fourth-order valence-electron chi connectivity index (χ4n) is 0.797. The Morgan fingerprint density at radius 2 is 2.00 bits per heavy atom. The fraction of sp³-hybridized carbons (Fsp3) is 0.700. The molecule has 0 spiro atoms. The molecule has 0 atom stereocenters. The van der Waals surface area contributed by atoms with Gasteiger partial charge in [-0.1, -0.05) is 19.4 Å². The van der Waals surface area contributed by atoms with E-state index in [-0.39, 0.29) is 5.91 Å². The van der Waals surface area contributed by atoms with Crippen molar-refractivity contribution in [3.63, 3.8) is 0 Å². The maximum atomic E-state index is 11.0. The molecule has 0 aliphatic rings. The zero-order chi connectivity index (χ0) is 9.56. The third-order valence-corrected chi connectivity index (χ3v) is 1.44. The summed E-state index contributed by atoms with van der Waals surface area (Å²) in [5, 5.41) is 2.83. The molecule has 0 saturated heterocycles. The van der Waals surface area contributed by atoms with Gasteiger partial charge in [0, 0.05) is 12.6 Å². The summed E-state index contributed by atoms with van der Waals surface area (Å²) in [7, 11) is 0. The smallest absolute Gasteiger partial charge is 0.243 e. The summed E-state index contributed by atoms with van der Waals surface area (Å²) >= 11 is 0. The van der Waals surface area contributed by atoms with Gasteiger partial charge in [-0.25, -0.2) is 0 Å². The standard InChI is InChI=1S/C10H19NO/c1-8(2)5-6-11-10(12)7-9(3)4/h7-8H,5-6H2,1-4H3,(H,11,12). The summed E-state index contributed by atoms with van der Waals surface area (Å²) in [6.45, 7) is 8.91. The highest BCUT2D eigenvalue weighted by Gasteiger charge is 1.96. The number of hydrogen-bond donors (Lipinski definition) is 1. The van der Waals surface area contributed by atoms with Gasteiger partial charge in [0.25, 0.3) is 0 Å². The summed E-state index contributed by atoms with van der Waals surface area (Å²) in [5.74, 6) is 0.674. The van der Waals surface area contributed by atoms with Crippen LogP contribution in [0.15, 0.2) is 11.6 Å². The Bertz CT molecular complexity index is 167. The Morgan fingerprint density at radius 1 is 1.42 bits per heavy atom. The average Bonchev–Trinajstić information content (AvgIpc) is 1.84. The molecule has 0 aromatic carbocycles. The van der Waals surface area contributed by atoms with Crippen LogP contribution in [0.1, 0.15) is 34.1 Å². The van der Waals surface area contributed by atoms with Gasteiger partial charge in [0.05, 0.1) is 0 Å². The normalized spacial score (nSPS) is 9.75. The number of carbonyl (C=O) groups is 1. The van der Waals surface area contributed by atoms with Crippen LogP contribution in [0.5, 0.6) is 0 Å². The van der Waals surface area contributed by atoms with Crippen molar-refractivity contribution in [3.8, 4) is 0 Å². The van der Waals surface area contributed by atoms with Crippen LogP contribution in [0.4, 0.5) is 0 Å². The first kappa shape index (κ1) is 11.2. The Morgan fingerprint density at radius 3 is 2.42 bits per heavy atom. The maximum Gasteiger partial charge on any atom is 0.243 e. The molecule has 12 heavy (non-hydrogen) atoms. The molecule has 0 rings (SSSR count). The Hall–Kier alpha value is -0.790. The Balaban J connectivity index is 3.52. The summed E-state index contributed by atoms with van der Waals surface area (Å²) in [6.07, 6.45) is 2.67. The molecule has 2 heteroatoms. The summed E-state index contributed by atoms with van der Waals surface area (Å²) in [4.78, 5) is 11.0. The average molecular weight is 169 g/mol. The van der Waals surface area contributed by atoms with Gasteiger partial charge in [0.2, 0.25) is 5.91 Å². The molecular weight excluding hydrogens is 150 g/mol. The minimum Gasteiger partial charge on any atom is -0.353 e. The predicted molar refractivity (Wildman–Crippen MR) is 51.9 cm³/mol. The molecule has 70 valence electrons. The summed E-state index contributed by atoms with van der Waals surface area (Å²) in [5.41, 5.74) is 1.04. The topological polar surface area (TPSA) is 29.1 Å². The molecule has 0 radical (unpaired) electrons. The molecule has 0 unspecified atom stereocenters. The number of amides is 1. The van der Waals surface area contributed by atoms with E-state index in [1.165, 1.54) is 0 Å². The zero-order valence-corrected chi connectivity index (χ0v) is 8.48. The second kappa shape index (κ2) is 5.81. The van der Waals surface area contributed by atoms with Crippen molar-refractivity contribution in [2.45, 2.75) is 34.1 Å². The van der Waals surface area contributed by atoms with Crippen molar-refractivity contribution in [1.29, 1.82) is 0 Å². The largest absolute Gasteiger partial charge is 0.353 e. The van der Waals surface area contributed by atoms with Crippen LogP contribution in [0, 0.1) is 5.92 Å². The van der Waals surface area contributed by atoms with Gasteiger partial charge >= 0.3 is 0 Å². The number of hydrogen-bond acceptors (Lipinski definition) is 1. The van der Waals surface area contributed by atoms with Crippen molar-refractivity contribution < 1.29 is 4.79 Å². The summed E-state index contributed by atoms with van der Waals surface area (Å²) < 4.78 is 0. The van der Waals surface area contributed by atoms with Crippen LogP contribution in [-0.4, -0.2) is 12.5 Å². The van der Waals surface area contributed by atoms with Crippen molar-refractivity contribution in [1.82, 2.24) is 5.32 Å². The molecule has 1 N–H and O–H groups in total.